The molecular weight excluding hydrogens is 464 g/mol. The molecule has 2 atom stereocenters. The van der Waals surface area contributed by atoms with E-state index in [0.717, 1.165) is 0 Å². The zero-order chi connectivity index (χ0) is 24.3. The van der Waals surface area contributed by atoms with Crippen molar-refractivity contribution in [3.8, 4) is 33.4 Å². The highest BCUT2D eigenvalue weighted by molar-refractivity contribution is 7.26. The van der Waals surface area contributed by atoms with Crippen LogP contribution in [0.5, 0.6) is 0 Å². The molecule has 2 aliphatic carbocycles. The molecule has 0 nitrogen and oxygen atoms in total. The van der Waals surface area contributed by atoms with Crippen LogP contribution in [-0.2, 0) is 0 Å². The number of benzene rings is 5. The minimum atomic E-state index is 0.404. The van der Waals surface area contributed by atoms with Gasteiger partial charge in [-0.2, -0.15) is 0 Å². The highest BCUT2D eigenvalue weighted by Gasteiger charge is 2.31. The molecule has 0 amide bonds. The molecular formula is C36H24S. The van der Waals surface area contributed by atoms with Gasteiger partial charge in [-0.25, -0.2) is 0 Å². The molecule has 5 aromatic carbocycles. The molecule has 0 spiro atoms. The molecule has 0 saturated heterocycles. The van der Waals surface area contributed by atoms with Gasteiger partial charge in [0, 0.05) is 32.0 Å². The third-order valence-corrected chi connectivity index (χ3v) is 9.29. The summed E-state index contributed by atoms with van der Waals surface area (Å²) in [5.74, 6) is 0.825. The lowest BCUT2D eigenvalue weighted by Gasteiger charge is -2.34. The first-order valence-corrected chi connectivity index (χ1v) is 13.8. The standard InChI is InChI=1S/C36H24S/c1-2-13-29-27(11-1)28-12-3-4-14-30(28)34-22-24(19-20-31(29)34)23-9-7-10-25(21-23)26-16-8-17-33-32-15-5-6-18-35(32)37-36(26)33/h1-22,27,29H. The van der Waals surface area contributed by atoms with Crippen molar-refractivity contribution in [3.05, 3.63) is 145 Å². The first-order valence-electron chi connectivity index (χ1n) is 12.9. The van der Waals surface area contributed by atoms with E-state index in [9.17, 15) is 0 Å². The van der Waals surface area contributed by atoms with Crippen LogP contribution in [0.1, 0.15) is 23.0 Å². The lowest BCUT2D eigenvalue weighted by molar-refractivity contribution is 0.720. The maximum atomic E-state index is 2.41. The van der Waals surface area contributed by atoms with Crippen molar-refractivity contribution in [1.29, 1.82) is 0 Å². The van der Waals surface area contributed by atoms with Crippen molar-refractivity contribution in [2.75, 3.05) is 0 Å². The van der Waals surface area contributed by atoms with Gasteiger partial charge in [0.15, 0.2) is 0 Å². The number of fused-ring (bicyclic) bond motifs is 9. The number of hydrogen-bond donors (Lipinski definition) is 0. The molecule has 37 heavy (non-hydrogen) atoms. The summed E-state index contributed by atoms with van der Waals surface area (Å²) in [6, 6.07) is 40.5. The SMILES string of the molecule is C1=CC2c3ccccc3-c3cc(-c4cccc(-c5cccc6c5sc5ccccc56)c4)ccc3C2C=C1. The Labute approximate surface area is 220 Å². The van der Waals surface area contributed by atoms with Crippen molar-refractivity contribution < 1.29 is 0 Å². The molecule has 1 heteroatoms. The van der Waals surface area contributed by atoms with Gasteiger partial charge in [0.1, 0.15) is 0 Å². The van der Waals surface area contributed by atoms with E-state index in [1.165, 1.54) is 64.7 Å². The van der Waals surface area contributed by atoms with E-state index in [2.05, 4.69) is 133 Å². The Bertz CT molecular complexity index is 1900. The minimum absolute atomic E-state index is 0.404. The van der Waals surface area contributed by atoms with E-state index in [0.29, 0.717) is 11.8 Å². The number of hydrogen-bond acceptors (Lipinski definition) is 1. The molecule has 8 rings (SSSR count). The van der Waals surface area contributed by atoms with E-state index in [4.69, 9.17) is 0 Å². The molecule has 0 aliphatic heterocycles. The van der Waals surface area contributed by atoms with Gasteiger partial charge in [0.05, 0.1) is 0 Å². The van der Waals surface area contributed by atoms with Crippen molar-refractivity contribution >= 4 is 31.5 Å². The maximum Gasteiger partial charge on any atom is 0.0433 e. The number of allylic oxidation sites excluding steroid dienone is 4. The highest BCUT2D eigenvalue weighted by Crippen LogP contribution is 2.50. The van der Waals surface area contributed by atoms with E-state index in [1.807, 2.05) is 11.3 Å². The van der Waals surface area contributed by atoms with Gasteiger partial charge in [0.2, 0.25) is 0 Å². The van der Waals surface area contributed by atoms with Crippen LogP contribution in [0.4, 0.5) is 0 Å². The number of rotatable bonds is 2. The van der Waals surface area contributed by atoms with Gasteiger partial charge < -0.3 is 0 Å². The van der Waals surface area contributed by atoms with Gasteiger partial charge in [0.25, 0.3) is 0 Å². The van der Waals surface area contributed by atoms with Gasteiger partial charge in [-0.15, -0.1) is 11.3 Å². The molecule has 2 aliphatic rings. The molecule has 6 aromatic rings. The molecule has 0 radical (unpaired) electrons. The Kier molecular flexibility index (Phi) is 4.62. The summed E-state index contributed by atoms with van der Waals surface area (Å²) in [5.41, 5.74) is 10.7. The van der Waals surface area contributed by atoms with E-state index >= 15 is 0 Å². The molecule has 174 valence electrons. The van der Waals surface area contributed by atoms with Gasteiger partial charge in [-0.3, -0.25) is 0 Å². The van der Waals surface area contributed by atoms with Crippen LogP contribution < -0.4 is 0 Å². The Balaban J connectivity index is 1.27. The quantitative estimate of drug-likeness (QED) is 0.227. The monoisotopic (exact) mass is 488 g/mol. The third kappa shape index (κ3) is 3.21. The second-order valence-corrected chi connectivity index (χ2v) is 11.1. The van der Waals surface area contributed by atoms with Crippen LogP contribution in [0, 0.1) is 0 Å². The molecule has 1 heterocycles. The Morgan fingerprint density at radius 1 is 0.459 bits per heavy atom. The van der Waals surface area contributed by atoms with Crippen LogP contribution >= 0.6 is 11.3 Å². The fourth-order valence-corrected chi connectivity index (χ4v) is 7.57. The average Bonchev–Trinajstić information content (AvgIpc) is 3.36. The van der Waals surface area contributed by atoms with Crippen LogP contribution in [0.15, 0.2) is 133 Å². The first-order chi connectivity index (χ1) is 18.3. The fourth-order valence-electron chi connectivity index (χ4n) is 6.33. The topological polar surface area (TPSA) is 0 Å². The number of thiophene rings is 1. The summed E-state index contributed by atoms with van der Waals surface area (Å²) in [6.45, 7) is 0. The van der Waals surface area contributed by atoms with Crippen LogP contribution in [-0.4, -0.2) is 0 Å². The van der Waals surface area contributed by atoms with E-state index in [-0.39, 0.29) is 0 Å². The summed E-state index contributed by atoms with van der Waals surface area (Å²) >= 11 is 1.89. The van der Waals surface area contributed by atoms with E-state index < -0.39 is 0 Å². The average molecular weight is 489 g/mol. The van der Waals surface area contributed by atoms with Crippen molar-refractivity contribution in [3.63, 3.8) is 0 Å². The van der Waals surface area contributed by atoms with Crippen LogP contribution in [0.3, 0.4) is 0 Å². The molecule has 0 fully saturated rings. The first kappa shape index (κ1) is 20.9. The van der Waals surface area contributed by atoms with Crippen molar-refractivity contribution in [1.82, 2.24) is 0 Å². The fraction of sp³-hybridized carbons (Fsp3) is 0.0556. The Hall–Kier alpha value is -4.20. The summed E-state index contributed by atoms with van der Waals surface area (Å²) < 4.78 is 2.71. The molecule has 2 unspecified atom stereocenters. The van der Waals surface area contributed by atoms with Crippen molar-refractivity contribution in [2.45, 2.75) is 11.8 Å². The minimum Gasteiger partial charge on any atom is -0.135 e. The normalized spacial score (nSPS) is 17.5. The molecule has 0 N–H and O–H groups in total. The Morgan fingerprint density at radius 3 is 2.05 bits per heavy atom. The summed E-state index contributed by atoms with van der Waals surface area (Å²) in [4.78, 5) is 0. The Morgan fingerprint density at radius 2 is 1.14 bits per heavy atom. The van der Waals surface area contributed by atoms with Gasteiger partial charge >= 0.3 is 0 Å². The second-order valence-electron chi connectivity index (χ2n) is 10.1. The molecule has 0 saturated carbocycles. The smallest absolute Gasteiger partial charge is 0.0433 e. The van der Waals surface area contributed by atoms with Crippen LogP contribution in [0.2, 0.25) is 0 Å². The van der Waals surface area contributed by atoms with E-state index in [1.54, 1.807) is 0 Å². The highest BCUT2D eigenvalue weighted by atomic mass is 32.1. The molecule has 0 bridgehead atoms. The van der Waals surface area contributed by atoms with Gasteiger partial charge in [-0.1, -0.05) is 115 Å². The maximum absolute atomic E-state index is 2.41. The second kappa shape index (κ2) is 8.16. The predicted molar refractivity (Wildman–Crippen MR) is 159 cm³/mol. The van der Waals surface area contributed by atoms with Gasteiger partial charge in [-0.05, 0) is 62.7 Å². The van der Waals surface area contributed by atoms with Crippen molar-refractivity contribution in [2.24, 2.45) is 0 Å². The summed E-state index contributed by atoms with van der Waals surface area (Å²) in [7, 11) is 0. The lowest BCUT2D eigenvalue weighted by Crippen LogP contribution is -2.16. The van der Waals surface area contributed by atoms with Crippen LogP contribution in [0.25, 0.3) is 53.6 Å². The zero-order valence-electron chi connectivity index (χ0n) is 20.3. The lowest BCUT2D eigenvalue weighted by atomic mass is 9.69. The molecule has 1 aromatic heterocycles. The summed E-state index contributed by atoms with van der Waals surface area (Å²) in [6.07, 6.45) is 9.12. The summed E-state index contributed by atoms with van der Waals surface area (Å²) in [5, 5.41) is 2.69. The predicted octanol–water partition coefficient (Wildman–Crippen LogP) is 10.4. The third-order valence-electron chi connectivity index (χ3n) is 8.07. The zero-order valence-corrected chi connectivity index (χ0v) is 21.1. The largest absolute Gasteiger partial charge is 0.135 e.